The zero-order valence-electron chi connectivity index (χ0n) is 19.5. The quantitative estimate of drug-likeness (QED) is 0.496. The van der Waals surface area contributed by atoms with Crippen LogP contribution < -0.4 is 0 Å². The molecule has 2 aliphatic rings. The number of Topliss-reactive ketones (excluding diaryl/α,β-unsaturated/α-hetero) is 1. The van der Waals surface area contributed by atoms with Gasteiger partial charge in [-0.3, -0.25) is 4.79 Å². The molecule has 2 nitrogen and oxygen atoms in total. The Bertz CT molecular complexity index is 1150. The monoisotopic (exact) mass is 426 g/mol. The first-order valence-electron chi connectivity index (χ1n) is 12.0. The van der Waals surface area contributed by atoms with Crippen molar-refractivity contribution >= 4 is 16.6 Å². The van der Waals surface area contributed by atoms with E-state index in [0.29, 0.717) is 25.2 Å². The second-order valence-corrected chi connectivity index (χ2v) is 11.0. The van der Waals surface area contributed by atoms with Crippen LogP contribution in [0.4, 0.5) is 0 Å². The Morgan fingerprint density at radius 2 is 1.56 bits per heavy atom. The van der Waals surface area contributed by atoms with Crippen LogP contribution in [0.3, 0.4) is 0 Å². The normalized spacial score (nSPS) is 29.3. The summed E-state index contributed by atoms with van der Waals surface area (Å²) in [4.78, 5) is 14.2. The first kappa shape index (κ1) is 21.4. The number of aliphatic hydroxyl groups is 1. The Kier molecular flexibility index (Phi) is 5.05. The number of ketones is 1. The van der Waals surface area contributed by atoms with Gasteiger partial charge >= 0.3 is 0 Å². The van der Waals surface area contributed by atoms with Gasteiger partial charge in [0.05, 0.1) is 0 Å². The third kappa shape index (κ3) is 3.15. The molecule has 0 aromatic heterocycles. The Morgan fingerprint density at radius 3 is 2.22 bits per heavy atom. The fourth-order valence-corrected chi connectivity index (χ4v) is 6.79. The number of carbonyl (C=O) groups is 1. The third-order valence-electron chi connectivity index (χ3n) is 9.29. The van der Waals surface area contributed by atoms with Crippen LogP contribution in [0.2, 0.25) is 0 Å². The van der Waals surface area contributed by atoms with E-state index in [-0.39, 0.29) is 22.5 Å². The predicted octanol–water partition coefficient (Wildman–Crippen LogP) is 6.39. The van der Waals surface area contributed by atoms with Gasteiger partial charge < -0.3 is 5.11 Å². The molecule has 2 bridgehead atoms. The van der Waals surface area contributed by atoms with Crippen molar-refractivity contribution in [3.8, 4) is 0 Å². The molecule has 3 aromatic rings. The number of rotatable bonds is 6. The largest absolute Gasteiger partial charge is 0.381 e. The average Bonchev–Trinajstić information content (AvgIpc) is 3.11. The minimum atomic E-state index is -1.24. The molecule has 0 spiro atoms. The first-order chi connectivity index (χ1) is 15.2. The van der Waals surface area contributed by atoms with Crippen LogP contribution in [0.15, 0.2) is 72.8 Å². The summed E-state index contributed by atoms with van der Waals surface area (Å²) >= 11 is 0. The summed E-state index contributed by atoms with van der Waals surface area (Å²) in [6, 6.07) is 25.1. The maximum atomic E-state index is 14.2. The van der Waals surface area contributed by atoms with E-state index in [4.69, 9.17) is 0 Å². The number of fused-ring (bicyclic) bond motifs is 3. The highest BCUT2D eigenvalue weighted by molar-refractivity contribution is 5.92. The van der Waals surface area contributed by atoms with Crippen molar-refractivity contribution in [3.63, 3.8) is 0 Å². The number of hydrogen-bond donors (Lipinski definition) is 1. The molecule has 2 saturated carbocycles. The predicted molar refractivity (Wildman–Crippen MR) is 130 cm³/mol. The van der Waals surface area contributed by atoms with Gasteiger partial charge in [-0.2, -0.15) is 0 Å². The van der Waals surface area contributed by atoms with Crippen molar-refractivity contribution in [2.45, 2.75) is 58.5 Å². The Hall–Kier alpha value is -2.45. The van der Waals surface area contributed by atoms with Gasteiger partial charge in [-0.1, -0.05) is 93.6 Å². The number of carbonyl (C=O) groups excluding carboxylic acids is 1. The minimum absolute atomic E-state index is 0.0162. The molecule has 2 aliphatic carbocycles. The summed E-state index contributed by atoms with van der Waals surface area (Å²) in [6.07, 6.45) is 3.98. The zero-order valence-corrected chi connectivity index (χ0v) is 19.5. The Morgan fingerprint density at radius 1 is 0.906 bits per heavy atom. The summed E-state index contributed by atoms with van der Waals surface area (Å²) in [5.41, 5.74) is 0.699. The summed E-state index contributed by atoms with van der Waals surface area (Å²) in [7, 11) is 0. The van der Waals surface area contributed by atoms with Gasteiger partial charge in [0.15, 0.2) is 5.78 Å². The van der Waals surface area contributed by atoms with Crippen molar-refractivity contribution < 1.29 is 9.90 Å². The molecule has 166 valence electrons. The number of benzene rings is 3. The first-order valence-corrected chi connectivity index (χ1v) is 12.0. The molecule has 3 aromatic carbocycles. The van der Waals surface area contributed by atoms with Crippen molar-refractivity contribution in [3.05, 3.63) is 83.9 Å². The zero-order chi connectivity index (χ0) is 22.6. The average molecular weight is 427 g/mol. The van der Waals surface area contributed by atoms with Crippen molar-refractivity contribution in [1.82, 2.24) is 0 Å². The van der Waals surface area contributed by atoms with Gasteiger partial charge in [-0.05, 0) is 65.3 Å². The highest BCUT2D eigenvalue weighted by atomic mass is 16.3. The minimum Gasteiger partial charge on any atom is -0.381 e. The molecule has 32 heavy (non-hydrogen) atoms. The van der Waals surface area contributed by atoms with Gasteiger partial charge in [-0.25, -0.2) is 0 Å². The smallest absolute Gasteiger partial charge is 0.168 e. The standard InChI is InChI=1S/C30H34O2/c1-28(2)26-15-16-29(28,3)30(32,20-26)27(31)25(17-21-9-5-4-6-10-21)19-22-13-14-23-11-7-8-12-24(23)18-22/h4-14,18,25-26,32H,15-17,19-20H2,1-3H3/t25-,26-,29-,30+/m1/s1. The van der Waals surface area contributed by atoms with Gasteiger partial charge in [0.25, 0.3) is 0 Å². The van der Waals surface area contributed by atoms with E-state index < -0.39 is 5.60 Å². The lowest BCUT2D eigenvalue weighted by Crippen LogP contribution is -2.55. The van der Waals surface area contributed by atoms with Gasteiger partial charge in [0.1, 0.15) is 5.60 Å². The molecule has 0 radical (unpaired) electrons. The van der Waals surface area contributed by atoms with E-state index in [1.54, 1.807) is 0 Å². The topological polar surface area (TPSA) is 37.3 Å². The summed E-state index contributed by atoms with van der Waals surface area (Å²) in [5.74, 6) is 0.224. The molecule has 0 aliphatic heterocycles. The van der Waals surface area contributed by atoms with Crippen LogP contribution in [-0.2, 0) is 17.6 Å². The van der Waals surface area contributed by atoms with Crippen LogP contribution in [0.5, 0.6) is 0 Å². The van der Waals surface area contributed by atoms with Crippen LogP contribution in [-0.4, -0.2) is 16.5 Å². The van der Waals surface area contributed by atoms with E-state index in [2.05, 4.69) is 75.4 Å². The second kappa shape index (κ2) is 7.56. The fraction of sp³-hybridized carbons (Fsp3) is 0.433. The van der Waals surface area contributed by atoms with E-state index in [0.717, 1.165) is 24.0 Å². The van der Waals surface area contributed by atoms with Gasteiger partial charge in [-0.15, -0.1) is 0 Å². The highest BCUT2D eigenvalue weighted by Gasteiger charge is 2.71. The summed E-state index contributed by atoms with van der Waals surface area (Å²) in [6.45, 7) is 6.67. The van der Waals surface area contributed by atoms with E-state index in [9.17, 15) is 9.90 Å². The summed E-state index contributed by atoms with van der Waals surface area (Å²) in [5, 5.41) is 14.4. The third-order valence-corrected chi connectivity index (χ3v) is 9.29. The van der Waals surface area contributed by atoms with E-state index in [1.807, 2.05) is 18.2 Å². The van der Waals surface area contributed by atoms with Gasteiger partial charge in [0.2, 0.25) is 0 Å². The van der Waals surface area contributed by atoms with Gasteiger partial charge in [0, 0.05) is 11.3 Å². The fourth-order valence-electron chi connectivity index (χ4n) is 6.79. The molecule has 0 amide bonds. The molecular weight excluding hydrogens is 392 g/mol. The summed E-state index contributed by atoms with van der Waals surface area (Å²) < 4.78 is 0. The maximum Gasteiger partial charge on any atom is 0.168 e. The SMILES string of the molecule is CC1(C)[C@@H]2CC[C@@]1(C)[C@@](O)(C(=O)[C@H](Cc1ccccc1)Cc1ccc3ccccc3c1)C2. The molecule has 0 saturated heterocycles. The van der Waals surface area contributed by atoms with E-state index in [1.165, 1.54) is 10.8 Å². The number of hydrogen-bond acceptors (Lipinski definition) is 2. The molecule has 0 unspecified atom stereocenters. The van der Waals surface area contributed by atoms with Crippen molar-refractivity contribution in [2.24, 2.45) is 22.7 Å². The lowest BCUT2D eigenvalue weighted by Gasteiger charge is -2.45. The van der Waals surface area contributed by atoms with Crippen LogP contribution in [0.1, 0.15) is 51.2 Å². The Balaban J connectivity index is 1.50. The molecule has 1 N–H and O–H groups in total. The molecule has 4 atom stereocenters. The molecular formula is C30H34O2. The lowest BCUT2D eigenvalue weighted by molar-refractivity contribution is -0.159. The Labute approximate surface area is 191 Å². The van der Waals surface area contributed by atoms with E-state index >= 15 is 0 Å². The molecule has 2 heteroatoms. The molecule has 5 rings (SSSR count). The van der Waals surface area contributed by atoms with Crippen molar-refractivity contribution in [2.75, 3.05) is 0 Å². The van der Waals surface area contributed by atoms with Crippen LogP contribution in [0.25, 0.3) is 10.8 Å². The maximum absolute atomic E-state index is 14.2. The second-order valence-electron chi connectivity index (χ2n) is 11.0. The molecule has 0 heterocycles. The molecule has 2 fully saturated rings. The lowest BCUT2D eigenvalue weighted by atomic mass is 9.61. The van der Waals surface area contributed by atoms with Crippen LogP contribution in [0, 0.1) is 22.7 Å². The highest BCUT2D eigenvalue weighted by Crippen LogP contribution is 2.70. The van der Waals surface area contributed by atoms with Crippen molar-refractivity contribution in [1.29, 1.82) is 0 Å². The van der Waals surface area contributed by atoms with Crippen LogP contribution >= 0.6 is 0 Å².